The third-order valence-corrected chi connectivity index (χ3v) is 6.63. The fourth-order valence-electron chi connectivity index (χ4n) is 4.99. The van der Waals surface area contributed by atoms with E-state index < -0.39 is 0 Å². The molecular formula is C32H40O2. The van der Waals surface area contributed by atoms with Crippen LogP contribution in [0.25, 0.3) is 0 Å². The lowest BCUT2D eigenvalue weighted by atomic mass is 9.72. The molecule has 0 bridgehead atoms. The monoisotopic (exact) mass is 456 g/mol. The van der Waals surface area contributed by atoms with Gasteiger partial charge in [-0.15, -0.1) is 0 Å². The van der Waals surface area contributed by atoms with Gasteiger partial charge in [-0.3, -0.25) is 0 Å². The Morgan fingerprint density at radius 2 is 1.24 bits per heavy atom. The van der Waals surface area contributed by atoms with Gasteiger partial charge in [0.25, 0.3) is 0 Å². The molecule has 0 spiro atoms. The molecule has 0 aromatic heterocycles. The Hall–Kier alpha value is -2.87. The van der Waals surface area contributed by atoms with Crippen molar-refractivity contribution in [3.05, 3.63) is 99.6 Å². The van der Waals surface area contributed by atoms with Gasteiger partial charge in [-0.1, -0.05) is 113 Å². The van der Waals surface area contributed by atoms with E-state index in [0.717, 1.165) is 34.1 Å². The molecule has 0 aliphatic heterocycles. The van der Waals surface area contributed by atoms with Crippen molar-refractivity contribution in [1.82, 2.24) is 0 Å². The van der Waals surface area contributed by atoms with Crippen LogP contribution >= 0.6 is 0 Å². The van der Waals surface area contributed by atoms with E-state index in [1.165, 1.54) is 11.1 Å². The van der Waals surface area contributed by atoms with Crippen molar-refractivity contribution in [2.45, 2.75) is 78.6 Å². The molecule has 0 fully saturated rings. The molecule has 0 heterocycles. The van der Waals surface area contributed by atoms with Crippen molar-refractivity contribution in [1.29, 1.82) is 0 Å². The van der Waals surface area contributed by atoms with E-state index in [9.17, 15) is 9.90 Å². The summed E-state index contributed by atoms with van der Waals surface area (Å²) in [6, 6.07) is 21.1. The van der Waals surface area contributed by atoms with E-state index in [-0.39, 0.29) is 22.7 Å². The highest BCUT2D eigenvalue weighted by atomic mass is 16.3. The molecule has 2 heteroatoms. The average Bonchev–Trinajstić information content (AvgIpc) is 2.72. The second-order valence-corrected chi connectivity index (χ2v) is 11.9. The van der Waals surface area contributed by atoms with Gasteiger partial charge in [0.2, 0.25) is 0 Å². The number of aromatic hydroxyl groups is 1. The van der Waals surface area contributed by atoms with Crippen molar-refractivity contribution in [2.75, 3.05) is 0 Å². The SMILES string of the molecule is Cc1cc(C)cc([C@@H](c2cc(C(C)(C)C)c(O)c(C(C)(C)C)c2)[C@H](C=O)Cc2ccccc2)c1. The van der Waals surface area contributed by atoms with Crippen LogP contribution in [0.2, 0.25) is 0 Å². The highest BCUT2D eigenvalue weighted by Gasteiger charge is 2.31. The number of carbonyl (C=O) groups excluding carboxylic acids is 1. The van der Waals surface area contributed by atoms with Crippen molar-refractivity contribution < 1.29 is 9.90 Å². The summed E-state index contributed by atoms with van der Waals surface area (Å²) in [6.45, 7) is 17.0. The normalized spacial score (nSPS) is 14.0. The standard InChI is InChI=1S/C32H40O2/c1-21-14-22(2)16-24(15-21)29(26(20-33)17-23-12-10-9-11-13-23)25-18-27(31(3,4)5)30(34)28(19-25)32(6,7)8/h9-16,18-20,26,29,34H,17H2,1-8H3/t26-,29-/m0/s1. The average molecular weight is 457 g/mol. The predicted molar refractivity (Wildman–Crippen MR) is 143 cm³/mol. The van der Waals surface area contributed by atoms with E-state index in [1.807, 2.05) is 18.2 Å². The minimum Gasteiger partial charge on any atom is -0.507 e. The molecule has 0 saturated carbocycles. The number of aldehydes is 1. The molecule has 2 nitrogen and oxygen atoms in total. The summed E-state index contributed by atoms with van der Waals surface area (Å²) < 4.78 is 0. The van der Waals surface area contributed by atoms with E-state index in [4.69, 9.17) is 0 Å². The van der Waals surface area contributed by atoms with Gasteiger partial charge in [0, 0.05) is 11.8 Å². The van der Waals surface area contributed by atoms with Gasteiger partial charge in [-0.05, 0) is 58.9 Å². The summed E-state index contributed by atoms with van der Waals surface area (Å²) in [5.41, 5.74) is 7.15. The minimum atomic E-state index is -0.233. The molecule has 0 amide bonds. The van der Waals surface area contributed by atoms with Gasteiger partial charge in [-0.25, -0.2) is 0 Å². The number of phenols is 1. The van der Waals surface area contributed by atoms with Crippen LogP contribution in [-0.4, -0.2) is 11.4 Å². The molecule has 3 aromatic carbocycles. The van der Waals surface area contributed by atoms with Crippen LogP contribution in [0.3, 0.4) is 0 Å². The topological polar surface area (TPSA) is 37.3 Å². The van der Waals surface area contributed by atoms with Crippen LogP contribution in [0.15, 0.2) is 60.7 Å². The molecule has 0 unspecified atom stereocenters. The van der Waals surface area contributed by atoms with Gasteiger partial charge in [0.05, 0.1) is 0 Å². The lowest BCUT2D eigenvalue weighted by molar-refractivity contribution is -0.111. The second-order valence-electron chi connectivity index (χ2n) is 11.9. The van der Waals surface area contributed by atoms with Crippen LogP contribution in [0.4, 0.5) is 0 Å². The van der Waals surface area contributed by atoms with Crippen LogP contribution in [0.1, 0.15) is 86.4 Å². The van der Waals surface area contributed by atoms with Crippen molar-refractivity contribution in [3.63, 3.8) is 0 Å². The summed E-state index contributed by atoms with van der Waals surface area (Å²) in [5, 5.41) is 11.3. The first-order valence-electron chi connectivity index (χ1n) is 12.3. The van der Waals surface area contributed by atoms with Crippen LogP contribution in [-0.2, 0) is 22.0 Å². The highest BCUT2D eigenvalue weighted by Crippen LogP contribution is 2.44. The third kappa shape index (κ3) is 5.78. The predicted octanol–water partition coefficient (Wildman–Crippen LogP) is 7.79. The molecule has 0 saturated heterocycles. The van der Waals surface area contributed by atoms with Gasteiger partial charge in [0.15, 0.2) is 0 Å². The summed E-state index contributed by atoms with van der Waals surface area (Å²) in [4.78, 5) is 12.6. The van der Waals surface area contributed by atoms with E-state index in [2.05, 4.69) is 97.9 Å². The van der Waals surface area contributed by atoms with Gasteiger partial charge >= 0.3 is 0 Å². The molecule has 0 aliphatic rings. The number of aryl methyl sites for hydroxylation is 2. The molecule has 3 aromatic rings. The van der Waals surface area contributed by atoms with Gasteiger partial charge < -0.3 is 9.90 Å². The maximum Gasteiger partial charge on any atom is 0.124 e. The number of rotatable bonds is 6. The Bertz CT molecular complexity index is 1090. The zero-order valence-electron chi connectivity index (χ0n) is 22.1. The summed E-state index contributed by atoms with van der Waals surface area (Å²) in [5.74, 6) is 0.0292. The largest absolute Gasteiger partial charge is 0.507 e. The summed E-state index contributed by atoms with van der Waals surface area (Å²) in [7, 11) is 0. The molecule has 34 heavy (non-hydrogen) atoms. The van der Waals surface area contributed by atoms with Gasteiger partial charge in [0.1, 0.15) is 12.0 Å². The zero-order valence-corrected chi connectivity index (χ0v) is 22.1. The molecule has 2 atom stereocenters. The minimum absolute atomic E-state index is 0.112. The van der Waals surface area contributed by atoms with Crippen molar-refractivity contribution in [3.8, 4) is 5.75 Å². The Labute approximate surface area is 206 Å². The number of phenolic OH excluding ortho intramolecular Hbond substituents is 1. The molecule has 3 rings (SSSR count). The van der Waals surface area contributed by atoms with Crippen LogP contribution in [0, 0.1) is 19.8 Å². The Balaban J connectivity index is 2.30. The van der Waals surface area contributed by atoms with E-state index in [1.54, 1.807) is 0 Å². The molecule has 0 radical (unpaired) electrons. The number of hydrogen-bond donors (Lipinski definition) is 1. The first kappa shape index (κ1) is 25.7. The summed E-state index contributed by atoms with van der Waals surface area (Å²) >= 11 is 0. The molecule has 0 aliphatic carbocycles. The lowest BCUT2D eigenvalue weighted by Gasteiger charge is -2.32. The smallest absolute Gasteiger partial charge is 0.124 e. The third-order valence-electron chi connectivity index (χ3n) is 6.63. The number of carbonyl (C=O) groups is 1. The Morgan fingerprint density at radius 3 is 1.68 bits per heavy atom. The van der Waals surface area contributed by atoms with Gasteiger partial charge in [-0.2, -0.15) is 0 Å². The lowest BCUT2D eigenvalue weighted by Crippen LogP contribution is -2.22. The number of hydrogen-bond acceptors (Lipinski definition) is 2. The molecule has 1 N–H and O–H groups in total. The first-order chi connectivity index (χ1) is 15.8. The van der Waals surface area contributed by atoms with Crippen molar-refractivity contribution >= 4 is 6.29 Å². The molecule has 180 valence electrons. The summed E-state index contributed by atoms with van der Waals surface area (Å²) in [6.07, 6.45) is 1.79. The van der Waals surface area contributed by atoms with E-state index in [0.29, 0.717) is 12.2 Å². The van der Waals surface area contributed by atoms with Crippen molar-refractivity contribution in [2.24, 2.45) is 5.92 Å². The Kier molecular flexibility index (Phi) is 7.41. The Morgan fingerprint density at radius 1 is 0.765 bits per heavy atom. The highest BCUT2D eigenvalue weighted by molar-refractivity contribution is 5.61. The number of benzene rings is 3. The maximum absolute atomic E-state index is 12.6. The quantitative estimate of drug-likeness (QED) is 0.384. The zero-order chi connectivity index (χ0) is 25.3. The van der Waals surface area contributed by atoms with E-state index >= 15 is 0 Å². The fraction of sp³-hybridized carbons (Fsp3) is 0.406. The first-order valence-corrected chi connectivity index (χ1v) is 12.3. The molecular weight excluding hydrogens is 416 g/mol. The maximum atomic E-state index is 12.6. The fourth-order valence-corrected chi connectivity index (χ4v) is 4.99. The van der Waals surface area contributed by atoms with Crippen LogP contribution in [0.5, 0.6) is 5.75 Å². The second kappa shape index (κ2) is 9.78. The van der Waals surface area contributed by atoms with Crippen LogP contribution < -0.4 is 0 Å².